The maximum atomic E-state index is 12.7. The summed E-state index contributed by atoms with van der Waals surface area (Å²) in [6.45, 7) is 4.28. The van der Waals surface area contributed by atoms with Gasteiger partial charge < -0.3 is 4.98 Å². The first kappa shape index (κ1) is 19.3. The normalized spacial score (nSPS) is 13.7. The van der Waals surface area contributed by atoms with Crippen molar-refractivity contribution in [3.63, 3.8) is 0 Å². The van der Waals surface area contributed by atoms with E-state index in [0.29, 0.717) is 12.4 Å². The van der Waals surface area contributed by atoms with Gasteiger partial charge in [0.15, 0.2) is 0 Å². The number of benzene rings is 1. The summed E-state index contributed by atoms with van der Waals surface area (Å²) in [6.07, 6.45) is 6.10. The molecular weight excluding hydrogens is 386 g/mol. The van der Waals surface area contributed by atoms with Crippen LogP contribution in [0.2, 0.25) is 0 Å². The van der Waals surface area contributed by atoms with Gasteiger partial charge in [-0.2, -0.15) is 0 Å². The quantitative estimate of drug-likeness (QED) is 0.555. The Labute approximate surface area is 180 Å². The number of aromatic amines is 1. The first-order chi connectivity index (χ1) is 15.2. The van der Waals surface area contributed by atoms with Gasteiger partial charge in [0, 0.05) is 55.8 Å². The SMILES string of the molecule is Cc1ccc(-c2ccc(CN3CCc4nc(-c5cccnc5)[nH]c(=O)c4C3)cn2)cc1. The van der Waals surface area contributed by atoms with Crippen LogP contribution >= 0.6 is 0 Å². The Morgan fingerprint density at radius 2 is 1.90 bits per heavy atom. The second-order valence-corrected chi connectivity index (χ2v) is 7.96. The first-order valence-corrected chi connectivity index (χ1v) is 10.4. The van der Waals surface area contributed by atoms with Crippen molar-refractivity contribution in [1.82, 2.24) is 24.8 Å². The Kier molecular flexibility index (Phi) is 5.14. The van der Waals surface area contributed by atoms with Crippen molar-refractivity contribution in [2.75, 3.05) is 6.54 Å². The van der Waals surface area contributed by atoms with Crippen molar-refractivity contribution in [1.29, 1.82) is 0 Å². The van der Waals surface area contributed by atoms with Gasteiger partial charge in [0.2, 0.25) is 0 Å². The fourth-order valence-electron chi connectivity index (χ4n) is 3.93. The highest BCUT2D eigenvalue weighted by atomic mass is 16.1. The Hall–Kier alpha value is -3.64. The molecule has 0 amide bonds. The van der Waals surface area contributed by atoms with E-state index in [0.717, 1.165) is 53.2 Å². The van der Waals surface area contributed by atoms with E-state index < -0.39 is 0 Å². The van der Waals surface area contributed by atoms with Crippen LogP contribution in [-0.4, -0.2) is 31.4 Å². The maximum Gasteiger partial charge on any atom is 0.255 e. The Bertz CT molecular complexity index is 1250. The number of rotatable bonds is 4. The summed E-state index contributed by atoms with van der Waals surface area (Å²) in [7, 11) is 0. The molecule has 0 atom stereocenters. The third-order valence-corrected chi connectivity index (χ3v) is 5.66. The molecule has 1 aromatic carbocycles. The van der Waals surface area contributed by atoms with Crippen LogP contribution in [0.4, 0.5) is 0 Å². The van der Waals surface area contributed by atoms with Gasteiger partial charge in [-0.1, -0.05) is 35.9 Å². The Morgan fingerprint density at radius 3 is 2.65 bits per heavy atom. The highest BCUT2D eigenvalue weighted by molar-refractivity contribution is 5.59. The van der Waals surface area contributed by atoms with Gasteiger partial charge in [-0.25, -0.2) is 4.98 Å². The lowest BCUT2D eigenvalue weighted by Crippen LogP contribution is -2.35. The van der Waals surface area contributed by atoms with Gasteiger partial charge >= 0.3 is 0 Å². The number of H-pyrrole nitrogens is 1. The summed E-state index contributed by atoms with van der Waals surface area (Å²) in [5, 5.41) is 0. The van der Waals surface area contributed by atoms with E-state index in [9.17, 15) is 4.79 Å². The largest absolute Gasteiger partial charge is 0.306 e. The minimum Gasteiger partial charge on any atom is -0.306 e. The number of nitrogens with one attached hydrogen (secondary N) is 1. The highest BCUT2D eigenvalue weighted by Gasteiger charge is 2.21. The molecule has 4 aromatic rings. The Morgan fingerprint density at radius 1 is 1.03 bits per heavy atom. The topological polar surface area (TPSA) is 74.8 Å². The average molecular weight is 409 g/mol. The number of aryl methyl sites for hydroxylation is 1. The molecule has 0 fully saturated rings. The van der Waals surface area contributed by atoms with Crippen LogP contribution in [0.1, 0.15) is 22.4 Å². The molecule has 1 aliphatic heterocycles. The van der Waals surface area contributed by atoms with Crippen LogP contribution < -0.4 is 5.56 Å². The molecule has 0 spiro atoms. The number of fused-ring (bicyclic) bond motifs is 1. The van der Waals surface area contributed by atoms with E-state index >= 15 is 0 Å². The highest BCUT2D eigenvalue weighted by Crippen LogP contribution is 2.21. The molecule has 3 aromatic heterocycles. The Balaban J connectivity index is 1.31. The minimum atomic E-state index is -0.0682. The summed E-state index contributed by atoms with van der Waals surface area (Å²) in [5.74, 6) is 0.584. The molecule has 0 saturated heterocycles. The second-order valence-electron chi connectivity index (χ2n) is 7.96. The zero-order valence-electron chi connectivity index (χ0n) is 17.4. The number of hydrogen-bond donors (Lipinski definition) is 1. The predicted molar refractivity (Wildman–Crippen MR) is 120 cm³/mol. The summed E-state index contributed by atoms with van der Waals surface area (Å²) < 4.78 is 0. The van der Waals surface area contributed by atoms with Gasteiger partial charge in [-0.3, -0.25) is 19.7 Å². The van der Waals surface area contributed by atoms with Gasteiger partial charge in [0.25, 0.3) is 5.56 Å². The third-order valence-electron chi connectivity index (χ3n) is 5.66. The lowest BCUT2D eigenvalue weighted by Gasteiger charge is -2.27. The van der Waals surface area contributed by atoms with Crippen molar-refractivity contribution < 1.29 is 0 Å². The molecule has 6 heteroatoms. The number of hydrogen-bond acceptors (Lipinski definition) is 5. The molecule has 5 rings (SSSR count). The second kappa shape index (κ2) is 8.24. The first-order valence-electron chi connectivity index (χ1n) is 10.4. The van der Waals surface area contributed by atoms with Crippen LogP contribution in [0, 0.1) is 6.92 Å². The van der Waals surface area contributed by atoms with Crippen LogP contribution in [0.5, 0.6) is 0 Å². The molecule has 0 bridgehead atoms. The van der Waals surface area contributed by atoms with E-state index in [2.05, 4.69) is 63.2 Å². The molecule has 6 nitrogen and oxygen atoms in total. The summed E-state index contributed by atoms with van der Waals surface area (Å²) in [4.78, 5) is 31.4. The van der Waals surface area contributed by atoms with Gasteiger partial charge in [-0.05, 0) is 30.7 Å². The lowest BCUT2D eigenvalue weighted by atomic mass is 10.1. The number of nitrogens with zero attached hydrogens (tertiary/aromatic N) is 4. The van der Waals surface area contributed by atoms with E-state index in [1.165, 1.54) is 5.56 Å². The van der Waals surface area contributed by atoms with Crippen molar-refractivity contribution in [3.05, 3.63) is 99.9 Å². The minimum absolute atomic E-state index is 0.0682. The fraction of sp³-hybridized carbons (Fsp3) is 0.200. The smallest absolute Gasteiger partial charge is 0.255 e. The van der Waals surface area contributed by atoms with Crippen molar-refractivity contribution in [3.8, 4) is 22.6 Å². The van der Waals surface area contributed by atoms with E-state index in [4.69, 9.17) is 4.98 Å². The van der Waals surface area contributed by atoms with E-state index in [1.54, 1.807) is 12.4 Å². The summed E-state index contributed by atoms with van der Waals surface area (Å²) in [6, 6.07) is 16.3. The summed E-state index contributed by atoms with van der Waals surface area (Å²) >= 11 is 0. The predicted octanol–water partition coefficient (Wildman–Crippen LogP) is 3.76. The molecule has 0 saturated carbocycles. The lowest BCUT2D eigenvalue weighted by molar-refractivity contribution is 0.241. The molecule has 1 N–H and O–H groups in total. The molecule has 0 unspecified atom stereocenters. The average Bonchev–Trinajstić information content (AvgIpc) is 2.81. The van der Waals surface area contributed by atoms with Crippen LogP contribution in [0.15, 0.2) is 71.9 Å². The zero-order chi connectivity index (χ0) is 21.2. The molecule has 1 aliphatic rings. The molecule has 0 radical (unpaired) electrons. The van der Waals surface area contributed by atoms with Gasteiger partial charge in [0.05, 0.1) is 17.0 Å². The number of pyridine rings is 2. The number of aromatic nitrogens is 4. The molecule has 4 heterocycles. The van der Waals surface area contributed by atoms with Crippen LogP contribution in [0.3, 0.4) is 0 Å². The fourth-order valence-corrected chi connectivity index (χ4v) is 3.93. The molecule has 31 heavy (non-hydrogen) atoms. The van der Waals surface area contributed by atoms with E-state index in [1.807, 2.05) is 18.3 Å². The maximum absolute atomic E-state index is 12.7. The molecule has 154 valence electrons. The zero-order valence-corrected chi connectivity index (χ0v) is 17.4. The third kappa shape index (κ3) is 4.15. The van der Waals surface area contributed by atoms with Crippen LogP contribution in [0.25, 0.3) is 22.6 Å². The van der Waals surface area contributed by atoms with Gasteiger partial charge in [-0.15, -0.1) is 0 Å². The van der Waals surface area contributed by atoms with Crippen LogP contribution in [-0.2, 0) is 19.5 Å². The molecular formula is C25H23N5O. The summed E-state index contributed by atoms with van der Waals surface area (Å²) in [5.41, 5.74) is 6.85. The molecule has 0 aliphatic carbocycles. The van der Waals surface area contributed by atoms with Crippen molar-refractivity contribution in [2.45, 2.75) is 26.4 Å². The van der Waals surface area contributed by atoms with Gasteiger partial charge in [0.1, 0.15) is 5.82 Å². The van der Waals surface area contributed by atoms with Crippen molar-refractivity contribution in [2.24, 2.45) is 0 Å². The monoisotopic (exact) mass is 409 g/mol. The van der Waals surface area contributed by atoms with Crippen molar-refractivity contribution >= 4 is 0 Å². The van der Waals surface area contributed by atoms with E-state index in [-0.39, 0.29) is 5.56 Å². The standard InChI is InChI=1S/C25H23N5O/c1-17-4-7-19(8-5-17)22-9-6-18(13-27-22)15-30-12-10-23-21(16-30)25(31)29-24(28-23)20-3-2-11-26-14-20/h2-9,11,13-14H,10,12,15-16H2,1H3,(H,28,29,31).